The maximum absolute atomic E-state index is 12.6. The van der Waals surface area contributed by atoms with Gasteiger partial charge in [0.2, 0.25) is 5.91 Å². The zero-order valence-electron chi connectivity index (χ0n) is 18.2. The molecule has 0 bridgehead atoms. The number of aliphatic hydroxyl groups excluding tert-OH is 1. The Kier molecular flexibility index (Phi) is 5.51. The van der Waals surface area contributed by atoms with Crippen LogP contribution < -0.4 is 16.4 Å². The summed E-state index contributed by atoms with van der Waals surface area (Å²) in [7, 11) is 0. The van der Waals surface area contributed by atoms with Gasteiger partial charge in [0, 0.05) is 29.3 Å². The number of carbonyl (C=O) groups is 1. The normalized spacial score (nSPS) is 19.3. The average molecular weight is 510 g/mol. The van der Waals surface area contributed by atoms with Crippen molar-refractivity contribution in [3.05, 3.63) is 52.4 Å². The zero-order chi connectivity index (χ0) is 23.3. The summed E-state index contributed by atoms with van der Waals surface area (Å²) in [6.45, 7) is 4.31. The third kappa shape index (κ3) is 3.94. The van der Waals surface area contributed by atoms with Gasteiger partial charge in [-0.25, -0.2) is 4.98 Å². The first-order chi connectivity index (χ1) is 15.8. The van der Waals surface area contributed by atoms with Crippen LogP contribution in [0.2, 0.25) is 0 Å². The van der Waals surface area contributed by atoms with Crippen molar-refractivity contribution in [2.45, 2.75) is 38.5 Å². The minimum absolute atomic E-state index is 0.186. The van der Waals surface area contributed by atoms with Crippen LogP contribution in [0.4, 0.5) is 5.82 Å². The summed E-state index contributed by atoms with van der Waals surface area (Å²) < 4.78 is 2.15. The minimum atomic E-state index is -0.512. The predicted molar refractivity (Wildman–Crippen MR) is 130 cm³/mol. The molecule has 1 unspecified atom stereocenters. The molecule has 170 valence electrons. The molecular weight excluding hydrogens is 486 g/mol. The number of anilines is 1. The van der Waals surface area contributed by atoms with Crippen LogP contribution in [0.15, 0.2) is 41.1 Å². The van der Waals surface area contributed by atoms with Crippen LogP contribution >= 0.6 is 15.9 Å². The van der Waals surface area contributed by atoms with Crippen molar-refractivity contribution in [2.24, 2.45) is 0 Å². The molecule has 3 aromatic heterocycles. The first-order valence-corrected chi connectivity index (χ1v) is 11.5. The molecule has 4 aromatic rings. The highest BCUT2D eigenvalue weighted by Crippen LogP contribution is 2.33. The number of β-amino-alcohol motifs (C(OH)–C–C–N with tert-alkyl or cyclic N) is 1. The lowest BCUT2D eigenvalue weighted by Crippen LogP contribution is -2.41. The van der Waals surface area contributed by atoms with E-state index >= 15 is 0 Å². The summed E-state index contributed by atoms with van der Waals surface area (Å²) in [6.07, 6.45) is 3.40. The number of aryl methyl sites for hydroxylation is 1. The van der Waals surface area contributed by atoms with Gasteiger partial charge in [-0.3, -0.25) is 9.78 Å². The molecule has 5 N–H and O–H groups in total. The van der Waals surface area contributed by atoms with Crippen molar-refractivity contribution >= 4 is 44.2 Å². The van der Waals surface area contributed by atoms with Crippen LogP contribution in [0.25, 0.3) is 27.7 Å². The Balaban J connectivity index is 1.53. The third-order valence-corrected chi connectivity index (χ3v) is 6.80. The summed E-state index contributed by atoms with van der Waals surface area (Å²) in [6, 6.07) is 7.34. The van der Waals surface area contributed by atoms with E-state index in [9.17, 15) is 9.90 Å². The number of nitrogens with zero attached hydrogens (tertiary/aromatic N) is 4. The van der Waals surface area contributed by atoms with Crippen molar-refractivity contribution in [2.75, 3.05) is 12.3 Å². The summed E-state index contributed by atoms with van der Waals surface area (Å²) in [5.74, 6) is 0.204. The van der Waals surface area contributed by atoms with Crippen LogP contribution in [0.5, 0.6) is 0 Å². The molecule has 1 amide bonds. The second-order valence-electron chi connectivity index (χ2n) is 8.49. The molecule has 1 aliphatic rings. The standard InChI is InChI=1S/C23H24BrN7O2/c1-11-3-4-17-13(5-11)6-14(8-26-17)16-10-28-31-21(25)19(24)20(30-22(16)31)12(2)29-23(33)18-7-15(32)9-27-18/h3-6,8,10,12,15,18,27,32H,7,9,25H2,1-2H3,(H,29,33)/t12?,15-,18+/m0/s1. The zero-order valence-corrected chi connectivity index (χ0v) is 19.8. The number of hydrogen-bond acceptors (Lipinski definition) is 7. The van der Waals surface area contributed by atoms with E-state index in [0.717, 1.165) is 27.6 Å². The van der Waals surface area contributed by atoms with Gasteiger partial charge in [-0.15, -0.1) is 0 Å². The SMILES string of the molecule is Cc1ccc2ncc(-c3cnn4c(N)c(Br)c(C(C)NC(=O)[C@H]5C[C@H](O)CN5)nc34)cc2c1. The molecule has 0 saturated carbocycles. The molecule has 4 heterocycles. The molecule has 3 atom stereocenters. The summed E-state index contributed by atoms with van der Waals surface area (Å²) in [5, 5.41) is 21.2. The fourth-order valence-electron chi connectivity index (χ4n) is 4.20. The van der Waals surface area contributed by atoms with E-state index in [1.807, 2.05) is 26.0 Å². The van der Waals surface area contributed by atoms with Gasteiger partial charge < -0.3 is 21.5 Å². The Morgan fingerprint density at radius 1 is 1.36 bits per heavy atom. The number of fused-ring (bicyclic) bond motifs is 2. The molecule has 0 spiro atoms. The maximum atomic E-state index is 12.6. The molecule has 1 saturated heterocycles. The summed E-state index contributed by atoms with van der Waals surface area (Å²) in [4.78, 5) is 22.0. The molecule has 1 aromatic carbocycles. The monoisotopic (exact) mass is 509 g/mol. The first kappa shape index (κ1) is 21.7. The molecule has 10 heteroatoms. The molecule has 9 nitrogen and oxygen atoms in total. The number of nitrogen functional groups attached to an aromatic ring is 1. The van der Waals surface area contributed by atoms with Crippen molar-refractivity contribution < 1.29 is 9.90 Å². The highest BCUT2D eigenvalue weighted by Gasteiger charge is 2.30. The summed E-state index contributed by atoms with van der Waals surface area (Å²) >= 11 is 3.52. The molecule has 33 heavy (non-hydrogen) atoms. The van der Waals surface area contributed by atoms with E-state index < -0.39 is 18.2 Å². The Morgan fingerprint density at radius 2 is 2.18 bits per heavy atom. The number of hydrogen-bond donors (Lipinski definition) is 4. The number of aliphatic hydroxyl groups is 1. The number of rotatable bonds is 4. The topological polar surface area (TPSA) is 130 Å². The van der Waals surface area contributed by atoms with Gasteiger partial charge in [-0.2, -0.15) is 9.61 Å². The van der Waals surface area contributed by atoms with Gasteiger partial charge in [0.25, 0.3) is 0 Å². The van der Waals surface area contributed by atoms with Gasteiger partial charge in [0.1, 0.15) is 5.82 Å². The van der Waals surface area contributed by atoms with Crippen LogP contribution in [-0.4, -0.2) is 49.3 Å². The Hall–Kier alpha value is -3.08. The van der Waals surface area contributed by atoms with Crippen LogP contribution in [0.3, 0.4) is 0 Å². The number of benzene rings is 1. The van der Waals surface area contributed by atoms with Crippen LogP contribution in [-0.2, 0) is 4.79 Å². The second-order valence-corrected chi connectivity index (χ2v) is 9.28. The van der Waals surface area contributed by atoms with Gasteiger partial charge in [0.15, 0.2) is 5.65 Å². The first-order valence-electron chi connectivity index (χ1n) is 10.7. The van der Waals surface area contributed by atoms with E-state index in [4.69, 9.17) is 10.7 Å². The molecule has 0 aliphatic carbocycles. The number of pyridine rings is 1. The Morgan fingerprint density at radius 3 is 2.94 bits per heavy atom. The number of amides is 1. The lowest BCUT2D eigenvalue weighted by atomic mass is 10.1. The van der Waals surface area contributed by atoms with Crippen molar-refractivity contribution in [3.8, 4) is 11.1 Å². The minimum Gasteiger partial charge on any atom is -0.392 e. The number of carbonyl (C=O) groups excluding carboxylic acids is 1. The van der Waals surface area contributed by atoms with Crippen LogP contribution in [0.1, 0.15) is 30.6 Å². The highest BCUT2D eigenvalue weighted by molar-refractivity contribution is 9.10. The lowest BCUT2D eigenvalue weighted by Gasteiger charge is -2.19. The molecular formula is C23H24BrN7O2. The van der Waals surface area contributed by atoms with Gasteiger partial charge in [-0.1, -0.05) is 11.6 Å². The predicted octanol–water partition coefficient (Wildman–Crippen LogP) is 2.50. The van der Waals surface area contributed by atoms with Gasteiger partial charge >= 0.3 is 0 Å². The van der Waals surface area contributed by atoms with Crippen molar-refractivity contribution in [1.29, 1.82) is 0 Å². The lowest BCUT2D eigenvalue weighted by molar-refractivity contribution is -0.123. The van der Waals surface area contributed by atoms with E-state index in [0.29, 0.717) is 34.6 Å². The third-order valence-electron chi connectivity index (χ3n) is 5.99. The fraction of sp³-hybridized carbons (Fsp3) is 0.304. The fourth-order valence-corrected chi connectivity index (χ4v) is 4.80. The molecule has 5 rings (SSSR count). The molecule has 1 fully saturated rings. The number of halogens is 1. The smallest absolute Gasteiger partial charge is 0.237 e. The van der Waals surface area contributed by atoms with Crippen molar-refractivity contribution in [1.82, 2.24) is 30.2 Å². The number of nitrogens with two attached hydrogens (primary N) is 1. The molecule has 0 radical (unpaired) electrons. The Bertz CT molecular complexity index is 1390. The van der Waals surface area contributed by atoms with E-state index in [2.05, 4.69) is 48.8 Å². The number of aromatic nitrogens is 4. The molecule has 1 aliphatic heterocycles. The second kappa shape index (κ2) is 8.36. The van der Waals surface area contributed by atoms with Gasteiger partial charge in [-0.05, 0) is 54.4 Å². The number of nitrogens with one attached hydrogen (secondary N) is 2. The largest absolute Gasteiger partial charge is 0.392 e. The summed E-state index contributed by atoms with van der Waals surface area (Å²) in [5.41, 5.74) is 11.3. The van der Waals surface area contributed by atoms with Crippen molar-refractivity contribution in [3.63, 3.8) is 0 Å². The van der Waals surface area contributed by atoms with Crippen LogP contribution in [0, 0.1) is 6.92 Å². The van der Waals surface area contributed by atoms with E-state index in [-0.39, 0.29) is 5.91 Å². The van der Waals surface area contributed by atoms with Gasteiger partial charge in [0.05, 0.1) is 40.1 Å². The quantitative estimate of drug-likeness (QED) is 0.332. The Labute approximate surface area is 198 Å². The van der Waals surface area contributed by atoms with E-state index in [1.54, 1.807) is 16.9 Å². The average Bonchev–Trinajstić information content (AvgIpc) is 3.42. The maximum Gasteiger partial charge on any atom is 0.237 e. The van der Waals surface area contributed by atoms with E-state index in [1.165, 1.54) is 0 Å². The highest BCUT2D eigenvalue weighted by atomic mass is 79.9.